The van der Waals surface area contributed by atoms with Crippen molar-refractivity contribution < 1.29 is 40.3 Å². The molecule has 270 valence electrons. The van der Waals surface area contributed by atoms with Crippen molar-refractivity contribution in [1.29, 1.82) is 0 Å². The molecular formula is C35H34ClF4N5O5S. The number of rotatable bonds is 10. The molecule has 1 saturated heterocycles. The molecule has 1 fully saturated rings. The van der Waals surface area contributed by atoms with E-state index in [1.807, 2.05) is 0 Å². The lowest BCUT2D eigenvalue weighted by Crippen LogP contribution is -2.58. The number of imide groups is 1. The number of nitrogens with one attached hydrogen (secondary N) is 1. The van der Waals surface area contributed by atoms with Crippen molar-refractivity contribution in [2.75, 3.05) is 25.1 Å². The normalized spacial score (nSPS) is 17.8. The van der Waals surface area contributed by atoms with E-state index in [0.717, 1.165) is 43.8 Å². The number of carbonyl (C=O) groups is 2. The van der Waals surface area contributed by atoms with Gasteiger partial charge in [-0.1, -0.05) is 35.9 Å². The lowest BCUT2D eigenvalue weighted by molar-refractivity contribution is -0.119. The average Bonchev–Trinajstić information content (AvgIpc) is 3.08. The molecule has 4 aromatic rings. The summed E-state index contributed by atoms with van der Waals surface area (Å²) in [5.41, 5.74) is 6.04. The number of nitrogens with two attached hydrogens (primary N) is 1. The van der Waals surface area contributed by atoms with Crippen LogP contribution in [0.1, 0.15) is 36.0 Å². The minimum Gasteiger partial charge on any atom is -0.452 e. The van der Waals surface area contributed by atoms with Gasteiger partial charge < -0.3 is 15.8 Å². The second kappa shape index (κ2) is 15.9. The Morgan fingerprint density at radius 3 is 2.31 bits per heavy atom. The summed E-state index contributed by atoms with van der Waals surface area (Å²) in [7, 11) is -3.14. The topological polar surface area (TPSA) is 135 Å². The molecule has 0 saturated carbocycles. The van der Waals surface area contributed by atoms with Crippen molar-refractivity contribution in [1.82, 2.24) is 14.6 Å². The number of methoxy groups -OCH3 is 1. The predicted octanol–water partition coefficient (Wildman–Crippen LogP) is 5.53. The number of pyridine rings is 1. The van der Waals surface area contributed by atoms with Gasteiger partial charge in [0.15, 0.2) is 0 Å². The van der Waals surface area contributed by atoms with E-state index in [0.29, 0.717) is 17.5 Å². The SMILES string of the molecule is COC(=O)N(C(=O)[C@@H](N)[C@@H](c1ccc(F)cc1)c1cc(F)cc(F)c1)c1cncc(F)c1CC[C@H]1CNC[C@H](C)N1S(=O)(=O)c1ccccc1Cl. The summed E-state index contributed by atoms with van der Waals surface area (Å²) in [6.45, 7) is 2.25. The molecule has 1 aliphatic rings. The van der Waals surface area contributed by atoms with Crippen LogP contribution in [-0.2, 0) is 26.0 Å². The Hall–Kier alpha value is -4.41. The van der Waals surface area contributed by atoms with Gasteiger partial charge in [0.1, 0.15) is 28.2 Å². The Bertz CT molecular complexity index is 2000. The Balaban J connectivity index is 1.52. The van der Waals surface area contributed by atoms with Gasteiger partial charge in [-0.15, -0.1) is 0 Å². The number of hydrogen-bond donors (Lipinski definition) is 2. The maximum absolute atomic E-state index is 15.7. The van der Waals surface area contributed by atoms with E-state index in [4.69, 9.17) is 22.1 Å². The first-order chi connectivity index (χ1) is 24.2. The van der Waals surface area contributed by atoms with E-state index in [1.165, 1.54) is 28.6 Å². The fourth-order valence-electron chi connectivity index (χ4n) is 6.35. The first kappa shape index (κ1) is 37.8. The Labute approximate surface area is 297 Å². The van der Waals surface area contributed by atoms with Crippen molar-refractivity contribution in [3.63, 3.8) is 0 Å². The van der Waals surface area contributed by atoms with E-state index in [9.17, 15) is 31.2 Å². The molecule has 0 bridgehead atoms. The van der Waals surface area contributed by atoms with Crippen LogP contribution < -0.4 is 16.0 Å². The third-order valence-electron chi connectivity index (χ3n) is 8.65. The van der Waals surface area contributed by atoms with E-state index in [2.05, 4.69) is 10.3 Å². The highest BCUT2D eigenvalue weighted by molar-refractivity contribution is 7.89. The Morgan fingerprint density at radius 1 is 1.00 bits per heavy atom. The summed E-state index contributed by atoms with van der Waals surface area (Å²) in [4.78, 5) is 31.7. The molecule has 2 heterocycles. The molecular weight excluding hydrogens is 714 g/mol. The van der Waals surface area contributed by atoms with Gasteiger partial charge in [-0.2, -0.15) is 4.31 Å². The summed E-state index contributed by atoms with van der Waals surface area (Å²) < 4.78 is 92.3. The largest absolute Gasteiger partial charge is 0.452 e. The summed E-state index contributed by atoms with van der Waals surface area (Å²) in [5, 5.41) is 3.21. The zero-order valence-corrected chi connectivity index (χ0v) is 29.0. The van der Waals surface area contributed by atoms with Crippen LogP contribution in [0.25, 0.3) is 0 Å². The van der Waals surface area contributed by atoms with Crippen LogP contribution in [-0.4, -0.2) is 68.0 Å². The fraction of sp³-hybridized carbons (Fsp3) is 0.286. The minimum absolute atomic E-state index is 0.0188. The number of halogens is 5. The van der Waals surface area contributed by atoms with Gasteiger partial charge in [-0.3, -0.25) is 9.78 Å². The minimum atomic E-state index is -4.12. The Morgan fingerprint density at radius 2 is 1.67 bits per heavy atom. The second-order valence-corrected chi connectivity index (χ2v) is 14.2. The van der Waals surface area contributed by atoms with Gasteiger partial charge in [0.05, 0.1) is 36.3 Å². The van der Waals surface area contributed by atoms with Gasteiger partial charge >= 0.3 is 6.09 Å². The zero-order valence-electron chi connectivity index (χ0n) is 27.4. The van der Waals surface area contributed by atoms with Crippen LogP contribution in [0.2, 0.25) is 5.02 Å². The van der Waals surface area contributed by atoms with E-state index in [-0.39, 0.29) is 51.7 Å². The maximum Gasteiger partial charge on any atom is 0.421 e. The summed E-state index contributed by atoms with van der Waals surface area (Å²) in [6.07, 6.45) is 0.474. The van der Waals surface area contributed by atoms with Crippen LogP contribution >= 0.6 is 11.6 Å². The number of carbonyl (C=O) groups excluding carboxylic acids is 2. The number of piperazine rings is 1. The lowest BCUT2D eigenvalue weighted by Gasteiger charge is -2.40. The highest BCUT2D eigenvalue weighted by Crippen LogP contribution is 2.34. The zero-order chi connectivity index (χ0) is 37.0. The fourth-order valence-corrected chi connectivity index (χ4v) is 8.69. The smallest absolute Gasteiger partial charge is 0.421 e. The summed E-state index contributed by atoms with van der Waals surface area (Å²) >= 11 is 6.27. The van der Waals surface area contributed by atoms with Crippen LogP contribution in [0.3, 0.4) is 0 Å². The number of amides is 2. The maximum atomic E-state index is 15.7. The van der Waals surface area contributed by atoms with Crippen molar-refractivity contribution in [2.24, 2.45) is 5.73 Å². The molecule has 5 rings (SSSR count). The molecule has 3 N–H and O–H groups in total. The number of hydrogen-bond acceptors (Lipinski definition) is 8. The van der Waals surface area contributed by atoms with Crippen molar-refractivity contribution in [3.05, 3.63) is 124 Å². The number of anilines is 1. The number of sulfonamides is 1. The summed E-state index contributed by atoms with van der Waals surface area (Å²) in [5.74, 6) is -5.98. The van der Waals surface area contributed by atoms with Crippen LogP contribution in [0.4, 0.5) is 28.0 Å². The molecule has 0 radical (unpaired) electrons. The average molecular weight is 748 g/mol. The lowest BCUT2D eigenvalue weighted by atomic mass is 9.84. The van der Waals surface area contributed by atoms with Crippen molar-refractivity contribution in [3.8, 4) is 0 Å². The van der Waals surface area contributed by atoms with Crippen LogP contribution in [0.5, 0.6) is 0 Å². The standard InChI is InChI=1S/C35H34ClF4N5O5S/c1-20-16-42-17-26(45(20)51(48,49)31-6-4-3-5-28(31)36)11-12-27-29(40)18-43-19-30(27)44(35(47)50-2)34(46)33(41)32(21-7-9-23(37)10-8-21)22-13-24(38)15-25(39)14-22/h3-10,13-15,18-20,26,32-33,42H,11-12,16-17,41H2,1-2H3/t20-,26-,32-,33-/m0/s1. The third kappa shape index (κ3) is 8.07. The van der Waals surface area contributed by atoms with Gasteiger partial charge in [0, 0.05) is 42.7 Å². The monoisotopic (exact) mass is 747 g/mol. The first-order valence-electron chi connectivity index (χ1n) is 15.7. The number of ether oxygens (including phenoxy) is 1. The van der Waals surface area contributed by atoms with Gasteiger partial charge in [0.25, 0.3) is 5.91 Å². The third-order valence-corrected chi connectivity index (χ3v) is 11.2. The highest BCUT2D eigenvalue weighted by atomic mass is 35.5. The van der Waals surface area contributed by atoms with Crippen LogP contribution in [0, 0.1) is 23.3 Å². The van der Waals surface area contributed by atoms with Crippen LogP contribution in [0.15, 0.2) is 84.0 Å². The Kier molecular flexibility index (Phi) is 11.8. The molecule has 1 aromatic heterocycles. The number of nitrogens with zero attached hydrogens (tertiary/aromatic N) is 3. The molecule has 10 nitrogen and oxygen atoms in total. The van der Waals surface area contributed by atoms with E-state index < -0.39 is 69.3 Å². The quantitative estimate of drug-likeness (QED) is 0.202. The molecule has 16 heteroatoms. The van der Waals surface area contributed by atoms with E-state index in [1.54, 1.807) is 19.1 Å². The molecule has 0 spiro atoms. The van der Waals surface area contributed by atoms with E-state index >= 15 is 4.39 Å². The molecule has 3 aromatic carbocycles. The molecule has 4 atom stereocenters. The van der Waals surface area contributed by atoms with Crippen molar-refractivity contribution in [2.45, 2.75) is 48.7 Å². The predicted molar refractivity (Wildman–Crippen MR) is 182 cm³/mol. The van der Waals surface area contributed by atoms with Gasteiger partial charge in [-0.05, 0) is 67.3 Å². The molecule has 0 aliphatic carbocycles. The van der Waals surface area contributed by atoms with Gasteiger partial charge in [-0.25, -0.2) is 35.7 Å². The van der Waals surface area contributed by atoms with Crippen molar-refractivity contribution >= 4 is 39.3 Å². The molecule has 1 aliphatic heterocycles. The highest BCUT2D eigenvalue weighted by Gasteiger charge is 2.40. The molecule has 0 unspecified atom stereocenters. The second-order valence-electron chi connectivity index (χ2n) is 12.0. The first-order valence-corrected chi connectivity index (χ1v) is 17.6. The summed E-state index contributed by atoms with van der Waals surface area (Å²) in [6, 6.07) is 10.2. The number of benzene rings is 3. The molecule has 2 amide bonds. The molecule has 51 heavy (non-hydrogen) atoms. The number of aromatic nitrogens is 1. The van der Waals surface area contributed by atoms with Gasteiger partial charge in [0.2, 0.25) is 10.0 Å².